The number of aromatic amines is 1. The molecule has 1 heterocycles. The Labute approximate surface area is 203 Å². The number of primary amides is 2. The van der Waals surface area contributed by atoms with Gasteiger partial charge in [0.2, 0.25) is 29.5 Å². The van der Waals surface area contributed by atoms with Crippen LogP contribution < -0.4 is 33.2 Å². The summed E-state index contributed by atoms with van der Waals surface area (Å²) in [5.74, 6) is -7.82. The van der Waals surface area contributed by atoms with Gasteiger partial charge in [-0.05, 0) is 6.42 Å². The highest BCUT2D eigenvalue weighted by molar-refractivity contribution is 5.96. The molecule has 0 bridgehead atoms. The SMILES string of the molecule is NC(=O)CCC(N)C(=O)NC(CC(N)=O)C(=O)NC(Cc1cnc[nH]1)C(=O)NC(CC(=O)O)C(=O)O. The van der Waals surface area contributed by atoms with Crippen molar-refractivity contribution in [2.45, 2.75) is 56.3 Å². The molecule has 1 aromatic rings. The lowest BCUT2D eigenvalue weighted by molar-refractivity contribution is -0.147. The van der Waals surface area contributed by atoms with Gasteiger partial charge in [0.25, 0.3) is 0 Å². The molecule has 0 fully saturated rings. The fourth-order valence-electron chi connectivity index (χ4n) is 2.86. The van der Waals surface area contributed by atoms with Crippen molar-refractivity contribution in [3.8, 4) is 0 Å². The van der Waals surface area contributed by atoms with Crippen LogP contribution in [-0.4, -0.2) is 85.8 Å². The lowest BCUT2D eigenvalue weighted by Gasteiger charge is -2.24. The van der Waals surface area contributed by atoms with Crippen LogP contribution >= 0.6 is 0 Å². The second kappa shape index (κ2) is 14.0. The standard InChI is InChI=1S/C19H28N8O9/c20-9(1-2-13(21)28)16(32)25-11(4-14(22)29)18(34)26-10(3-8-6-23-7-24-8)17(33)27-12(19(35)36)5-15(30)31/h6-7,9-12H,1-5,20H2,(H2,21,28)(H2,22,29)(H,23,24)(H,25,32)(H,26,34)(H,27,33)(H,30,31)(H,35,36). The Morgan fingerprint density at radius 1 is 0.861 bits per heavy atom. The summed E-state index contributed by atoms with van der Waals surface area (Å²) in [5, 5.41) is 24.6. The molecule has 0 spiro atoms. The highest BCUT2D eigenvalue weighted by Gasteiger charge is 2.32. The Bertz CT molecular complexity index is 982. The molecule has 12 N–H and O–H groups in total. The van der Waals surface area contributed by atoms with Crippen molar-refractivity contribution in [3.05, 3.63) is 18.2 Å². The fraction of sp³-hybridized carbons (Fsp3) is 0.474. The molecule has 0 radical (unpaired) electrons. The number of carboxylic acid groups (broad SMARTS) is 2. The van der Waals surface area contributed by atoms with Gasteiger partial charge in [-0.15, -0.1) is 0 Å². The number of amides is 5. The van der Waals surface area contributed by atoms with Gasteiger partial charge in [0, 0.05) is 24.7 Å². The summed E-state index contributed by atoms with van der Waals surface area (Å²) in [5.41, 5.74) is 16.2. The number of rotatable bonds is 16. The van der Waals surface area contributed by atoms with Crippen molar-refractivity contribution in [1.82, 2.24) is 25.9 Å². The summed E-state index contributed by atoms with van der Waals surface area (Å²) >= 11 is 0. The number of aliphatic carboxylic acids is 2. The van der Waals surface area contributed by atoms with E-state index in [1.807, 2.05) is 5.32 Å². The normalized spacial score (nSPS) is 13.9. The minimum absolute atomic E-state index is 0.142. The molecule has 5 amide bonds. The van der Waals surface area contributed by atoms with Gasteiger partial charge in [0.05, 0.1) is 25.2 Å². The number of nitrogens with zero attached hydrogens (tertiary/aromatic N) is 1. The first-order chi connectivity index (χ1) is 16.8. The predicted molar refractivity (Wildman–Crippen MR) is 118 cm³/mol. The smallest absolute Gasteiger partial charge is 0.326 e. The number of hydrogen-bond acceptors (Lipinski definition) is 9. The van der Waals surface area contributed by atoms with Crippen LogP contribution in [0.1, 0.15) is 31.4 Å². The van der Waals surface area contributed by atoms with E-state index in [0.29, 0.717) is 5.69 Å². The molecule has 198 valence electrons. The second-order valence-corrected chi connectivity index (χ2v) is 7.68. The molecule has 0 saturated heterocycles. The number of carbonyl (C=O) groups is 7. The number of imidazole rings is 1. The predicted octanol–water partition coefficient (Wildman–Crippen LogP) is -4.57. The molecule has 0 saturated carbocycles. The van der Waals surface area contributed by atoms with Crippen LogP contribution in [0.5, 0.6) is 0 Å². The molecule has 1 rings (SSSR count). The molecule has 17 heteroatoms. The van der Waals surface area contributed by atoms with Crippen LogP contribution in [-0.2, 0) is 40.0 Å². The molecule has 17 nitrogen and oxygen atoms in total. The third-order valence-electron chi connectivity index (χ3n) is 4.68. The number of H-pyrrole nitrogens is 1. The highest BCUT2D eigenvalue weighted by atomic mass is 16.4. The van der Waals surface area contributed by atoms with Crippen LogP contribution in [0.3, 0.4) is 0 Å². The fourth-order valence-corrected chi connectivity index (χ4v) is 2.86. The Morgan fingerprint density at radius 3 is 1.94 bits per heavy atom. The number of carbonyl (C=O) groups excluding carboxylic acids is 5. The average Bonchev–Trinajstić information content (AvgIpc) is 3.28. The molecule has 0 aromatic carbocycles. The van der Waals surface area contributed by atoms with Gasteiger partial charge in [0.1, 0.15) is 18.1 Å². The number of hydrogen-bond donors (Lipinski definition) is 9. The van der Waals surface area contributed by atoms with E-state index in [9.17, 15) is 38.7 Å². The summed E-state index contributed by atoms with van der Waals surface area (Å²) in [6, 6.07) is -6.12. The summed E-state index contributed by atoms with van der Waals surface area (Å²) in [7, 11) is 0. The second-order valence-electron chi connectivity index (χ2n) is 7.68. The van der Waals surface area contributed by atoms with Gasteiger partial charge < -0.3 is 48.3 Å². The van der Waals surface area contributed by atoms with Crippen molar-refractivity contribution in [1.29, 1.82) is 0 Å². The lowest BCUT2D eigenvalue weighted by atomic mass is 10.1. The highest BCUT2D eigenvalue weighted by Crippen LogP contribution is 2.04. The molecular formula is C19H28N8O9. The quantitative estimate of drug-likeness (QED) is 0.101. The van der Waals surface area contributed by atoms with Crippen molar-refractivity contribution in [3.63, 3.8) is 0 Å². The van der Waals surface area contributed by atoms with Crippen molar-refractivity contribution in [2.24, 2.45) is 17.2 Å². The minimum Gasteiger partial charge on any atom is -0.481 e. The number of carboxylic acids is 2. The number of aromatic nitrogens is 2. The van der Waals surface area contributed by atoms with Crippen molar-refractivity contribution in [2.75, 3.05) is 0 Å². The summed E-state index contributed by atoms with van der Waals surface area (Å²) < 4.78 is 0. The van der Waals surface area contributed by atoms with Gasteiger partial charge in [-0.1, -0.05) is 0 Å². The van der Waals surface area contributed by atoms with Crippen molar-refractivity contribution < 1.29 is 43.8 Å². The topological polar surface area (TPSA) is 303 Å². The Kier molecular flexibility index (Phi) is 11.5. The monoisotopic (exact) mass is 512 g/mol. The van der Waals surface area contributed by atoms with Crippen molar-refractivity contribution >= 4 is 41.5 Å². The third-order valence-corrected chi connectivity index (χ3v) is 4.68. The summed E-state index contributed by atoms with van der Waals surface area (Å²) in [4.78, 5) is 89.0. The zero-order valence-corrected chi connectivity index (χ0v) is 18.9. The van der Waals surface area contributed by atoms with Gasteiger partial charge in [-0.25, -0.2) is 9.78 Å². The van der Waals surface area contributed by atoms with E-state index in [2.05, 4.69) is 20.6 Å². The molecule has 0 aliphatic rings. The maximum Gasteiger partial charge on any atom is 0.326 e. The van der Waals surface area contributed by atoms with E-state index >= 15 is 0 Å². The zero-order valence-electron chi connectivity index (χ0n) is 18.9. The maximum atomic E-state index is 12.9. The van der Waals surface area contributed by atoms with E-state index in [-0.39, 0.29) is 19.3 Å². The Hall–Kier alpha value is -4.54. The summed E-state index contributed by atoms with van der Waals surface area (Å²) in [6.45, 7) is 0. The molecule has 1 aromatic heterocycles. The van der Waals surface area contributed by atoms with Crippen LogP contribution in [0.2, 0.25) is 0 Å². The first-order valence-electron chi connectivity index (χ1n) is 10.4. The largest absolute Gasteiger partial charge is 0.481 e. The molecule has 0 aliphatic heterocycles. The summed E-state index contributed by atoms with van der Waals surface area (Å²) in [6.07, 6.45) is 0.377. The van der Waals surface area contributed by atoms with Gasteiger partial charge >= 0.3 is 11.9 Å². The Morgan fingerprint density at radius 2 is 1.44 bits per heavy atom. The van der Waals surface area contributed by atoms with Gasteiger partial charge in [0.15, 0.2) is 0 Å². The van der Waals surface area contributed by atoms with E-state index in [1.165, 1.54) is 12.5 Å². The lowest BCUT2D eigenvalue weighted by Crippen LogP contribution is -2.58. The molecule has 0 aliphatic carbocycles. The van der Waals surface area contributed by atoms with Gasteiger partial charge in [-0.3, -0.25) is 28.8 Å². The van der Waals surface area contributed by atoms with Crippen LogP contribution in [0.4, 0.5) is 0 Å². The molecule has 4 atom stereocenters. The average molecular weight is 512 g/mol. The Balaban J connectivity index is 3.06. The van der Waals surface area contributed by atoms with Crippen LogP contribution in [0.25, 0.3) is 0 Å². The first-order valence-corrected chi connectivity index (χ1v) is 10.4. The molecule has 4 unspecified atom stereocenters. The van der Waals surface area contributed by atoms with E-state index in [4.69, 9.17) is 22.3 Å². The minimum atomic E-state index is -1.81. The number of nitrogens with one attached hydrogen (secondary N) is 4. The molecule has 36 heavy (non-hydrogen) atoms. The third kappa shape index (κ3) is 10.6. The molecular weight excluding hydrogens is 484 g/mol. The maximum absolute atomic E-state index is 12.9. The van der Waals surface area contributed by atoms with Crippen LogP contribution in [0, 0.1) is 0 Å². The van der Waals surface area contributed by atoms with E-state index in [1.54, 1.807) is 0 Å². The van der Waals surface area contributed by atoms with Gasteiger partial charge in [-0.2, -0.15) is 0 Å². The van der Waals surface area contributed by atoms with Crippen LogP contribution in [0.15, 0.2) is 12.5 Å². The zero-order chi connectivity index (χ0) is 27.4. The van der Waals surface area contributed by atoms with E-state index in [0.717, 1.165) is 0 Å². The first kappa shape index (κ1) is 29.5. The van der Waals surface area contributed by atoms with E-state index < -0.39 is 78.5 Å². The number of nitrogens with two attached hydrogens (primary N) is 3.